The third kappa shape index (κ3) is 5.16. The molecule has 0 heterocycles. The Morgan fingerprint density at radius 1 is 1.15 bits per heavy atom. The molecule has 3 N–H and O–H groups in total. The van der Waals surface area contributed by atoms with Crippen molar-refractivity contribution in [3.63, 3.8) is 0 Å². The maximum Gasteiger partial charge on any atom is 0.220 e. The van der Waals surface area contributed by atoms with Gasteiger partial charge >= 0.3 is 0 Å². The summed E-state index contributed by atoms with van der Waals surface area (Å²) in [6, 6.07) is 12.3. The van der Waals surface area contributed by atoms with Crippen LogP contribution < -0.4 is 11.1 Å². The van der Waals surface area contributed by atoms with Crippen LogP contribution in [0.15, 0.2) is 47.4 Å². The van der Waals surface area contributed by atoms with Crippen molar-refractivity contribution in [1.29, 1.82) is 0 Å². The Balaban J connectivity index is 2.48. The molecule has 2 aromatic carbocycles. The maximum atomic E-state index is 12.3. The van der Waals surface area contributed by atoms with E-state index in [0.29, 0.717) is 19.4 Å². The van der Waals surface area contributed by atoms with Gasteiger partial charge in [0.15, 0.2) is 9.84 Å². The summed E-state index contributed by atoms with van der Waals surface area (Å²) in [5.41, 5.74) is 9.34. The fourth-order valence-corrected chi connectivity index (χ4v) is 3.59. The summed E-state index contributed by atoms with van der Waals surface area (Å²) in [7, 11) is -3.33. The molecule has 6 heteroatoms. The van der Waals surface area contributed by atoms with Crippen molar-refractivity contribution in [3.8, 4) is 0 Å². The van der Waals surface area contributed by atoms with Crippen molar-refractivity contribution in [3.05, 3.63) is 64.7 Å². The Morgan fingerprint density at radius 3 is 2.50 bits per heavy atom. The van der Waals surface area contributed by atoms with Gasteiger partial charge in [-0.15, -0.1) is 0 Å². The van der Waals surface area contributed by atoms with Crippen LogP contribution in [-0.2, 0) is 14.6 Å². The van der Waals surface area contributed by atoms with Gasteiger partial charge in [0, 0.05) is 12.7 Å². The molecule has 0 aliphatic carbocycles. The number of nitrogens with one attached hydrogen (secondary N) is 1. The quantitative estimate of drug-likeness (QED) is 0.780. The zero-order chi connectivity index (χ0) is 19.3. The van der Waals surface area contributed by atoms with Crippen molar-refractivity contribution in [2.75, 3.05) is 12.8 Å². The molecule has 2 aromatic rings. The van der Waals surface area contributed by atoms with Crippen LogP contribution in [0.25, 0.3) is 0 Å². The monoisotopic (exact) mass is 374 g/mol. The Labute approximate surface area is 155 Å². The number of carbonyl (C=O) groups excluding carboxylic acids is 1. The second kappa shape index (κ2) is 8.47. The van der Waals surface area contributed by atoms with Crippen LogP contribution in [0, 0.1) is 13.8 Å². The topological polar surface area (TPSA) is 89.3 Å². The van der Waals surface area contributed by atoms with Gasteiger partial charge in [0.05, 0.1) is 10.9 Å². The Kier molecular flexibility index (Phi) is 6.56. The first kappa shape index (κ1) is 20.1. The molecule has 0 spiro atoms. The van der Waals surface area contributed by atoms with Crippen molar-refractivity contribution in [2.24, 2.45) is 5.73 Å². The largest absolute Gasteiger partial charge is 0.345 e. The molecule has 5 nitrogen and oxygen atoms in total. The van der Waals surface area contributed by atoms with Gasteiger partial charge < -0.3 is 11.1 Å². The lowest BCUT2D eigenvalue weighted by molar-refractivity contribution is -0.121. The van der Waals surface area contributed by atoms with Crippen LogP contribution in [0.5, 0.6) is 0 Å². The molecule has 2 rings (SSSR count). The van der Waals surface area contributed by atoms with E-state index in [1.54, 1.807) is 18.2 Å². The smallest absolute Gasteiger partial charge is 0.220 e. The van der Waals surface area contributed by atoms with Crippen LogP contribution in [0.4, 0.5) is 0 Å². The predicted molar refractivity (Wildman–Crippen MR) is 104 cm³/mol. The van der Waals surface area contributed by atoms with Crippen molar-refractivity contribution < 1.29 is 13.2 Å². The molecule has 0 saturated heterocycles. The number of hydrogen-bond acceptors (Lipinski definition) is 4. The molecule has 0 fully saturated rings. The number of nitrogens with two attached hydrogens (primary N) is 1. The van der Waals surface area contributed by atoms with E-state index in [-0.39, 0.29) is 10.8 Å². The molecule has 140 valence electrons. The molecule has 0 aliphatic rings. The first-order chi connectivity index (χ1) is 12.2. The van der Waals surface area contributed by atoms with Crippen molar-refractivity contribution >= 4 is 15.7 Å². The Hall–Kier alpha value is -2.18. The molecule has 1 amide bonds. The number of benzene rings is 2. The molecule has 26 heavy (non-hydrogen) atoms. The van der Waals surface area contributed by atoms with E-state index in [9.17, 15) is 13.2 Å². The second-order valence-electron chi connectivity index (χ2n) is 6.60. The van der Waals surface area contributed by atoms with Gasteiger partial charge in [-0.05, 0) is 55.6 Å². The molecule has 1 unspecified atom stereocenters. The van der Waals surface area contributed by atoms with Crippen LogP contribution in [-0.4, -0.2) is 27.1 Å². The van der Waals surface area contributed by atoms with E-state index >= 15 is 0 Å². The summed E-state index contributed by atoms with van der Waals surface area (Å²) in [6.07, 6.45) is 2.12. The van der Waals surface area contributed by atoms with Gasteiger partial charge in [-0.1, -0.05) is 35.9 Å². The van der Waals surface area contributed by atoms with Crippen LogP contribution in [0.3, 0.4) is 0 Å². The molecule has 0 aromatic heterocycles. The lowest BCUT2D eigenvalue weighted by Crippen LogP contribution is -2.30. The SMILES string of the molecule is Cc1ccc(C(NC(=O)CCCN)c2cccc(S(C)(=O)=O)c2)c(C)c1. The van der Waals surface area contributed by atoms with E-state index < -0.39 is 15.9 Å². The number of carbonyl (C=O) groups is 1. The fraction of sp³-hybridized carbons (Fsp3) is 0.350. The summed E-state index contributed by atoms with van der Waals surface area (Å²) in [5.74, 6) is -0.106. The maximum absolute atomic E-state index is 12.3. The summed E-state index contributed by atoms with van der Waals surface area (Å²) < 4.78 is 23.8. The average Bonchev–Trinajstić information content (AvgIpc) is 2.58. The molecule has 0 saturated carbocycles. The van der Waals surface area contributed by atoms with Gasteiger partial charge in [-0.3, -0.25) is 4.79 Å². The highest BCUT2D eigenvalue weighted by Crippen LogP contribution is 2.27. The second-order valence-corrected chi connectivity index (χ2v) is 8.61. The average molecular weight is 375 g/mol. The first-order valence-electron chi connectivity index (χ1n) is 8.59. The normalized spacial score (nSPS) is 12.6. The highest BCUT2D eigenvalue weighted by atomic mass is 32.2. The van der Waals surface area contributed by atoms with E-state index in [2.05, 4.69) is 11.4 Å². The standard InChI is InChI=1S/C20H26N2O3S/c1-14-9-10-18(15(2)12-14)20(22-19(23)8-5-11-21)16-6-4-7-17(13-16)26(3,24)25/h4,6-7,9-10,12-13,20H,5,8,11,21H2,1-3H3,(H,22,23). The van der Waals surface area contributed by atoms with E-state index in [1.165, 1.54) is 6.26 Å². The minimum atomic E-state index is -3.33. The summed E-state index contributed by atoms with van der Waals surface area (Å²) in [6.45, 7) is 4.45. The molecule has 0 aliphatic heterocycles. The summed E-state index contributed by atoms with van der Waals surface area (Å²) in [5, 5.41) is 3.03. The third-order valence-corrected chi connectivity index (χ3v) is 5.38. The van der Waals surface area contributed by atoms with Gasteiger partial charge in [0.25, 0.3) is 0 Å². The number of hydrogen-bond donors (Lipinski definition) is 2. The first-order valence-corrected chi connectivity index (χ1v) is 10.5. The third-order valence-electron chi connectivity index (χ3n) is 4.27. The van der Waals surface area contributed by atoms with Gasteiger partial charge in [-0.25, -0.2) is 8.42 Å². The lowest BCUT2D eigenvalue weighted by atomic mass is 9.93. The Bertz CT molecular complexity index is 892. The molecule has 0 radical (unpaired) electrons. The van der Waals surface area contributed by atoms with E-state index in [1.807, 2.05) is 32.0 Å². The van der Waals surface area contributed by atoms with Crippen molar-refractivity contribution in [1.82, 2.24) is 5.32 Å². The number of amides is 1. The van der Waals surface area contributed by atoms with E-state index in [4.69, 9.17) is 5.73 Å². The summed E-state index contributed by atoms with van der Waals surface area (Å²) >= 11 is 0. The van der Waals surface area contributed by atoms with Gasteiger partial charge in [0.2, 0.25) is 5.91 Å². The molecule has 0 bridgehead atoms. The summed E-state index contributed by atoms with van der Waals surface area (Å²) in [4.78, 5) is 12.6. The zero-order valence-electron chi connectivity index (χ0n) is 15.5. The molecule has 1 atom stereocenters. The van der Waals surface area contributed by atoms with Gasteiger partial charge in [0.1, 0.15) is 0 Å². The number of sulfone groups is 1. The zero-order valence-corrected chi connectivity index (χ0v) is 16.3. The molecular weight excluding hydrogens is 348 g/mol. The minimum absolute atomic E-state index is 0.106. The number of aryl methyl sites for hydroxylation is 2. The minimum Gasteiger partial charge on any atom is -0.345 e. The van der Waals surface area contributed by atoms with Crippen LogP contribution in [0.2, 0.25) is 0 Å². The lowest BCUT2D eigenvalue weighted by Gasteiger charge is -2.22. The van der Waals surface area contributed by atoms with Crippen molar-refractivity contribution in [2.45, 2.75) is 37.6 Å². The van der Waals surface area contributed by atoms with Gasteiger partial charge in [-0.2, -0.15) is 0 Å². The number of rotatable bonds is 7. The Morgan fingerprint density at radius 2 is 1.88 bits per heavy atom. The van der Waals surface area contributed by atoms with Crippen LogP contribution >= 0.6 is 0 Å². The van der Waals surface area contributed by atoms with E-state index in [0.717, 1.165) is 22.3 Å². The highest BCUT2D eigenvalue weighted by molar-refractivity contribution is 7.90. The molecular formula is C20H26N2O3S. The van der Waals surface area contributed by atoms with Crippen LogP contribution in [0.1, 0.15) is 41.1 Å². The fourth-order valence-electron chi connectivity index (χ4n) is 2.91. The highest BCUT2D eigenvalue weighted by Gasteiger charge is 2.20. The predicted octanol–water partition coefficient (Wildman–Crippen LogP) is 2.65.